The highest BCUT2D eigenvalue weighted by molar-refractivity contribution is 6.06. The molecule has 3 aromatic rings. The predicted molar refractivity (Wildman–Crippen MR) is 96.0 cm³/mol. The molecule has 4 nitrogen and oxygen atoms in total. The summed E-state index contributed by atoms with van der Waals surface area (Å²) in [6.45, 7) is 0.692. The number of fused-ring (bicyclic) bond motifs is 1. The summed E-state index contributed by atoms with van der Waals surface area (Å²) in [5, 5.41) is 0. The average molecular weight is 331 g/mol. The Morgan fingerprint density at radius 3 is 2.28 bits per heavy atom. The van der Waals surface area contributed by atoms with E-state index in [2.05, 4.69) is 0 Å². The van der Waals surface area contributed by atoms with Crippen LogP contribution in [-0.2, 0) is 6.54 Å². The van der Waals surface area contributed by atoms with E-state index in [4.69, 9.17) is 9.47 Å². The zero-order chi connectivity index (χ0) is 17.1. The monoisotopic (exact) mass is 331 g/mol. The van der Waals surface area contributed by atoms with Crippen molar-refractivity contribution in [3.8, 4) is 11.5 Å². The van der Waals surface area contributed by atoms with E-state index in [0.717, 1.165) is 11.3 Å². The lowest BCUT2D eigenvalue weighted by Crippen LogP contribution is -2.30. The number of rotatable bonds is 4. The molecule has 1 heterocycles. The summed E-state index contributed by atoms with van der Waals surface area (Å²) in [6.07, 6.45) is 0. The molecule has 0 radical (unpaired) electrons. The fraction of sp³-hybridized carbons (Fsp3) is 0.0952. The third-order valence-electron chi connectivity index (χ3n) is 4.12. The number of carbonyl (C=O) groups is 1. The first-order valence-electron chi connectivity index (χ1n) is 8.12. The zero-order valence-corrected chi connectivity index (χ0v) is 13.6. The lowest BCUT2D eigenvalue weighted by molar-refractivity contribution is 0.0984. The summed E-state index contributed by atoms with van der Waals surface area (Å²) < 4.78 is 10.7. The fourth-order valence-electron chi connectivity index (χ4n) is 2.84. The van der Waals surface area contributed by atoms with E-state index >= 15 is 0 Å². The standard InChI is InChI=1S/C21H17NO3/c23-21(17-11-12-19-20(13-17)25-15-24-19)22(18-9-5-2-6-10-18)14-16-7-3-1-4-8-16/h1-13H,14-15H2. The smallest absolute Gasteiger partial charge is 0.258 e. The van der Waals surface area contributed by atoms with Gasteiger partial charge in [0.25, 0.3) is 5.91 Å². The van der Waals surface area contributed by atoms with Crippen molar-refractivity contribution < 1.29 is 14.3 Å². The molecule has 1 amide bonds. The van der Waals surface area contributed by atoms with E-state index in [1.54, 1.807) is 23.1 Å². The molecule has 0 fully saturated rings. The highest BCUT2D eigenvalue weighted by Gasteiger charge is 2.21. The van der Waals surface area contributed by atoms with E-state index in [1.165, 1.54) is 0 Å². The fourth-order valence-corrected chi connectivity index (χ4v) is 2.84. The number of nitrogens with zero attached hydrogens (tertiary/aromatic N) is 1. The van der Waals surface area contributed by atoms with E-state index in [-0.39, 0.29) is 12.7 Å². The van der Waals surface area contributed by atoms with E-state index in [1.807, 2.05) is 60.7 Å². The van der Waals surface area contributed by atoms with Gasteiger partial charge in [-0.05, 0) is 35.9 Å². The van der Waals surface area contributed by atoms with Crippen molar-refractivity contribution in [2.45, 2.75) is 6.54 Å². The third-order valence-corrected chi connectivity index (χ3v) is 4.12. The number of carbonyl (C=O) groups excluding carboxylic acids is 1. The molecule has 0 saturated carbocycles. The minimum absolute atomic E-state index is 0.0756. The Hall–Kier alpha value is -3.27. The number of hydrogen-bond acceptors (Lipinski definition) is 3. The lowest BCUT2D eigenvalue weighted by Gasteiger charge is -2.23. The van der Waals surface area contributed by atoms with Gasteiger partial charge in [0, 0.05) is 11.3 Å². The van der Waals surface area contributed by atoms with Crippen LogP contribution < -0.4 is 14.4 Å². The average Bonchev–Trinajstić information content (AvgIpc) is 3.15. The molecule has 0 saturated heterocycles. The molecule has 0 atom stereocenters. The number of hydrogen-bond donors (Lipinski definition) is 0. The molecule has 4 rings (SSSR count). The second-order valence-corrected chi connectivity index (χ2v) is 5.78. The molecular weight excluding hydrogens is 314 g/mol. The summed E-state index contributed by atoms with van der Waals surface area (Å²) >= 11 is 0. The van der Waals surface area contributed by atoms with E-state index < -0.39 is 0 Å². The minimum atomic E-state index is -0.0756. The van der Waals surface area contributed by atoms with Crippen LogP contribution in [0.25, 0.3) is 0 Å². The van der Waals surface area contributed by atoms with Crippen LogP contribution >= 0.6 is 0 Å². The summed E-state index contributed by atoms with van der Waals surface area (Å²) in [5.41, 5.74) is 2.50. The zero-order valence-electron chi connectivity index (χ0n) is 13.6. The summed E-state index contributed by atoms with van der Waals surface area (Å²) in [7, 11) is 0. The van der Waals surface area contributed by atoms with Gasteiger partial charge in [-0.2, -0.15) is 0 Å². The molecule has 124 valence electrons. The van der Waals surface area contributed by atoms with Gasteiger partial charge in [-0.25, -0.2) is 0 Å². The molecule has 3 aromatic carbocycles. The molecule has 0 aliphatic carbocycles. The van der Waals surface area contributed by atoms with Crippen LogP contribution in [0.2, 0.25) is 0 Å². The topological polar surface area (TPSA) is 38.8 Å². The van der Waals surface area contributed by atoms with Crippen molar-refractivity contribution in [2.75, 3.05) is 11.7 Å². The second-order valence-electron chi connectivity index (χ2n) is 5.78. The Balaban J connectivity index is 1.68. The van der Waals surface area contributed by atoms with Crippen molar-refractivity contribution in [1.29, 1.82) is 0 Å². The van der Waals surface area contributed by atoms with Crippen LogP contribution in [0.4, 0.5) is 5.69 Å². The van der Waals surface area contributed by atoms with Crippen LogP contribution in [0, 0.1) is 0 Å². The van der Waals surface area contributed by atoms with Crippen LogP contribution in [0.5, 0.6) is 11.5 Å². The maximum atomic E-state index is 13.2. The van der Waals surface area contributed by atoms with Crippen LogP contribution in [-0.4, -0.2) is 12.7 Å². The van der Waals surface area contributed by atoms with E-state index in [9.17, 15) is 4.79 Å². The molecule has 0 unspecified atom stereocenters. The van der Waals surface area contributed by atoms with Crippen LogP contribution in [0.15, 0.2) is 78.9 Å². The number of anilines is 1. The number of benzene rings is 3. The molecule has 0 spiro atoms. The number of para-hydroxylation sites is 1. The number of amides is 1. The van der Waals surface area contributed by atoms with Gasteiger partial charge >= 0.3 is 0 Å². The summed E-state index contributed by atoms with van der Waals surface area (Å²) in [4.78, 5) is 14.9. The van der Waals surface area contributed by atoms with Crippen molar-refractivity contribution in [3.63, 3.8) is 0 Å². The normalized spacial score (nSPS) is 12.0. The highest BCUT2D eigenvalue weighted by Crippen LogP contribution is 2.33. The Bertz CT molecular complexity index is 878. The summed E-state index contributed by atoms with van der Waals surface area (Å²) in [6, 6.07) is 24.9. The third kappa shape index (κ3) is 3.19. The predicted octanol–water partition coefficient (Wildman–Crippen LogP) is 4.26. The van der Waals surface area contributed by atoms with Gasteiger partial charge in [0.05, 0.1) is 6.54 Å². The van der Waals surface area contributed by atoms with Crippen molar-refractivity contribution >= 4 is 11.6 Å². The quantitative estimate of drug-likeness (QED) is 0.717. The largest absolute Gasteiger partial charge is 0.454 e. The maximum absolute atomic E-state index is 13.2. The first-order chi connectivity index (χ1) is 12.3. The molecular formula is C21H17NO3. The Labute approximate surface area is 146 Å². The Morgan fingerprint density at radius 2 is 1.52 bits per heavy atom. The highest BCUT2D eigenvalue weighted by atomic mass is 16.7. The van der Waals surface area contributed by atoms with Gasteiger partial charge in [-0.15, -0.1) is 0 Å². The van der Waals surface area contributed by atoms with Gasteiger partial charge in [0.15, 0.2) is 11.5 Å². The van der Waals surface area contributed by atoms with Gasteiger partial charge in [0.2, 0.25) is 6.79 Å². The maximum Gasteiger partial charge on any atom is 0.258 e. The molecule has 1 aliphatic rings. The molecule has 0 N–H and O–H groups in total. The minimum Gasteiger partial charge on any atom is -0.454 e. The Morgan fingerprint density at radius 1 is 0.840 bits per heavy atom. The first-order valence-corrected chi connectivity index (χ1v) is 8.12. The number of ether oxygens (including phenoxy) is 2. The van der Waals surface area contributed by atoms with E-state index in [0.29, 0.717) is 23.6 Å². The van der Waals surface area contributed by atoms with Gasteiger partial charge in [0.1, 0.15) is 0 Å². The summed E-state index contributed by atoms with van der Waals surface area (Å²) in [5.74, 6) is 1.21. The molecule has 1 aliphatic heterocycles. The first kappa shape index (κ1) is 15.3. The van der Waals surface area contributed by atoms with Crippen LogP contribution in [0.3, 0.4) is 0 Å². The van der Waals surface area contributed by atoms with Gasteiger partial charge in [-0.1, -0.05) is 48.5 Å². The molecule has 0 aromatic heterocycles. The lowest BCUT2D eigenvalue weighted by atomic mass is 10.1. The van der Waals surface area contributed by atoms with Crippen molar-refractivity contribution in [1.82, 2.24) is 0 Å². The van der Waals surface area contributed by atoms with Crippen molar-refractivity contribution in [3.05, 3.63) is 90.0 Å². The van der Waals surface area contributed by atoms with Gasteiger partial charge < -0.3 is 14.4 Å². The van der Waals surface area contributed by atoms with Crippen LogP contribution in [0.1, 0.15) is 15.9 Å². The second kappa shape index (κ2) is 6.69. The molecule has 0 bridgehead atoms. The van der Waals surface area contributed by atoms with Gasteiger partial charge in [-0.3, -0.25) is 4.79 Å². The van der Waals surface area contributed by atoms with Crippen molar-refractivity contribution in [2.24, 2.45) is 0 Å². The molecule has 25 heavy (non-hydrogen) atoms. The molecule has 4 heteroatoms. The Kier molecular flexibility index (Phi) is 4.09. The SMILES string of the molecule is O=C(c1ccc2c(c1)OCO2)N(Cc1ccccc1)c1ccccc1.